The van der Waals surface area contributed by atoms with Crippen molar-refractivity contribution in [2.24, 2.45) is 5.92 Å². The Morgan fingerprint density at radius 1 is 1.17 bits per heavy atom. The van der Waals surface area contributed by atoms with Gasteiger partial charge in [-0.05, 0) is 53.3 Å². The topological polar surface area (TPSA) is 13.1 Å². The highest BCUT2D eigenvalue weighted by atomic mass is 16.3. The van der Waals surface area contributed by atoms with Crippen LogP contribution in [0, 0.1) is 5.92 Å². The largest absolute Gasteiger partial charge is 0.456 e. The molecule has 0 radical (unpaired) electrons. The molecule has 114 valence electrons. The monoisotopic (exact) mass is 300 g/mol. The van der Waals surface area contributed by atoms with Crippen LogP contribution in [0.5, 0.6) is 0 Å². The van der Waals surface area contributed by atoms with Crippen LogP contribution in [0.25, 0.3) is 33.4 Å². The lowest BCUT2D eigenvalue weighted by Crippen LogP contribution is -2.04. The Morgan fingerprint density at radius 3 is 2.78 bits per heavy atom. The van der Waals surface area contributed by atoms with Gasteiger partial charge in [-0.1, -0.05) is 56.0 Å². The van der Waals surface area contributed by atoms with Gasteiger partial charge in [0.1, 0.15) is 11.3 Å². The van der Waals surface area contributed by atoms with Gasteiger partial charge in [0.25, 0.3) is 0 Å². The van der Waals surface area contributed by atoms with Crippen molar-refractivity contribution in [2.45, 2.75) is 20.3 Å². The standard InChI is InChI=1S/C22H20O/c1-4-18-22(20-14(2)8-7-9-15(20)3)21-17-11-6-5-10-16(17)12-13-19(21)23-18/h4-8,10-13,15H,1,9H2,2-3H3. The summed E-state index contributed by atoms with van der Waals surface area (Å²) in [5.41, 5.74) is 4.87. The first kappa shape index (κ1) is 14.1. The second-order valence-corrected chi connectivity index (χ2v) is 6.34. The average Bonchev–Trinajstić information content (AvgIpc) is 2.94. The molecule has 1 aliphatic rings. The van der Waals surface area contributed by atoms with E-state index >= 15 is 0 Å². The summed E-state index contributed by atoms with van der Waals surface area (Å²) in [4.78, 5) is 0. The van der Waals surface area contributed by atoms with Gasteiger partial charge in [0.05, 0.1) is 0 Å². The zero-order valence-corrected chi connectivity index (χ0v) is 13.6. The van der Waals surface area contributed by atoms with Gasteiger partial charge in [0, 0.05) is 10.9 Å². The number of hydrogen-bond acceptors (Lipinski definition) is 1. The van der Waals surface area contributed by atoms with Crippen LogP contribution in [0.1, 0.15) is 31.6 Å². The molecule has 0 bridgehead atoms. The third-order valence-corrected chi connectivity index (χ3v) is 4.84. The molecular weight excluding hydrogens is 280 g/mol. The van der Waals surface area contributed by atoms with Crippen molar-refractivity contribution in [3.63, 3.8) is 0 Å². The molecule has 0 fully saturated rings. The fraction of sp³-hybridized carbons (Fsp3) is 0.182. The van der Waals surface area contributed by atoms with Crippen molar-refractivity contribution < 1.29 is 4.42 Å². The first-order valence-electron chi connectivity index (χ1n) is 8.15. The van der Waals surface area contributed by atoms with Crippen LogP contribution in [-0.2, 0) is 0 Å². The molecule has 0 saturated carbocycles. The highest BCUT2D eigenvalue weighted by molar-refractivity contribution is 6.12. The molecule has 1 aromatic heterocycles. The van der Waals surface area contributed by atoms with Crippen LogP contribution in [0.4, 0.5) is 0 Å². The van der Waals surface area contributed by atoms with Gasteiger partial charge in [0.15, 0.2) is 0 Å². The van der Waals surface area contributed by atoms with Gasteiger partial charge in [-0.3, -0.25) is 0 Å². The lowest BCUT2D eigenvalue weighted by molar-refractivity contribution is 0.601. The summed E-state index contributed by atoms with van der Waals surface area (Å²) in [6, 6.07) is 12.7. The number of rotatable bonds is 2. The van der Waals surface area contributed by atoms with E-state index in [2.05, 4.69) is 69.0 Å². The fourth-order valence-electron chi connectivity index (χ4n) is 3.79. The van der Waals surface area contributed by atoms with E-state index in [4.69, 9.17) is 4.42 Å². The van der Waals surface area contributed by atoms with Crippen molar-refractivity contribution in [1.82, 2.24) is 0 Å². The van der Waals surface area contributed by atoms with E-state index in [-0.39, 0.29) is 0 Å². The molecule has 0 saturated heterocycles. The maximum atomic E-state index is 6.13. The SMILES string of the molecule is C=Cc1oc2ccc3ccccc3c2c1C1=C(C)C=CCC1C. The maximum absolute atomic E-state index is 6.13. The van der Waals surface area contributed by atoms with Gasteiger partial charge < -0.3 is 4.42 Å². The van der Waals surface area contributed by atoms with Crippen LogP contribution in [-0.4, -0.2) is 0 Å². The van der Waals surface area contributed by atoms with Gasteiger partial charge in [-0.15, -0.1) is 0 Å². The average molecular weight is 300 g/mol. The summed E-state index contributed by atoms with van der Waals surface area (Å²) in [7, 11) is 0. The molecule has 0 aliphatic heterocycles. The normalized spacial score (nSPS) is 18.1. The molecule has 23 heavy (non-hydrogen) atoms. The van der Waals surface area contributed by atoms with Crippen LogP contribution in [0.2, 0.25) is 0 Å². The Labute approximate surface area is 136 Å². The Kier molecular flexibility index (Phi) is 3.23. The highest BCUT2D eigenvalue weighted by Crippen LogP contribution is 2.43. The Hall–Kier alpha value is -2.54. The molecule has 1 atom stereocenters. The number of allylic oxidation sites excluding steroid dienone is 4. The molecule has 3 aromatic rings. The number of furan rings is 1. The summed E-state index contributed by atoms with van der Waals surface area (Å²) < 4.78 is 6.13. The van der Waals surface area contributed by atoms with Crippen molar-refractivity contribution >= 4 is 33.4 Å². The predicted molar refractivity (Wildman–Crippen MR) is 99.3 cm³/mol. The molecule has 1 unspecified atom stereocenters. The Balaban J connectivity index is 2.19. The molecular formula is C22H20O. The minimum absolute atomic E-state index is 0.485. The van der Waals surface area contributed by atoms with E-state index in [0.717, 1.165) is 17.8 Å². The number of benzene rings is 2. The third-order valence-electron chi connectivity index (χ3n) is 4.84. The quantitative estimate of drug-likeness (QED) is 0.519. The van der Waals surface area contributed by atoms with E-state index in [0.29, 0.717) is 5.92 Å². The number of fused-ring (bicyclic) bond motifs is 3. The Bertz CT molecular complexity index is 982. The zero-order chi connectivity index (χ0) is 16.0. The molecule has 4 rings (SSSR count). The summed E-state index contributed by atoms with van der Waals surface area (Å²) in [5.74, 6) is 1.37. The van der Waals surface area contributed by atoms with Gasteiger partial charge in [0.2, 0.25) is 0 Å². The van der Waals surface area contributed by atoms with Crippen molar-refractivity contribution in [3.05, 3.63) is 72.0 Å². The first-order valence-corrected chi connectivity index (χ1v) is 8.15. The van der Waals surface area contributed by atoms with Crippen LogP contribution < -0.4 is 0 Å². The van der Waals surface area contributed by atoms with Gasteiger partial charge in [-0.2, -0.15) is 0 Å². The van der Waals surface area contributed by atoms with Crippen molar-refractivity contribution in [2.75, 3.05) is 0 Å². The van der Waals surface area contributed by atoms with Crippen LogP contribution >= 0.6 is 0 Å². The summed E-state index contributed by atoms with van der Waals surface area (Å²) >= 11 is 0. The molecule has 1 heterocycles. The molecule has 1 nitrogen and oxygen atoms in total. The molecule has 0 amide bonds. The van der Waals surface area contributed by atoms with Gasteiger partial charge >= 0.3 is 0 Å². The second-order valence-electron chi connectivity index (χ2n) is 6.34. The maximum Gasteiger partial charge on any atom is 0.136 e. The van der Waals surface area contributed by atoms with Crippen LogP contribution in [0.15, 0.2) is 65.1 Å². The van der Waals surface area contributed by atoms with Crippen molar-refractivity contribution in [3.8, 4) is 0 Å². The highest BCUT2D eigenvalue weighted by Gasteiger charge is 2.24. The summed E-state index contributed by atoms with van der Waals surface area (Å²) in [6.07, 6.45) is 7.40. The molecule has 1 aliphatic carbocycles. The lowest BCUT2D eigenvalue weighted by atomic mass is 9.82. The fourth-order valence-corrected chi connectivity index (χ4v) is 3.79. The Morgan fingerprint density at radius 2 is 2.00 bits per heavy atom. The predicted octanol–water partition coefficient (Wildman–Crippen LogP) is 6.60. The van der Waals surface area contributed by atoms with E-state index < -0.39 is 0 Å². The molecule has 0 N–H and O–H groups in total. The zero-order valence-electron chi connectivity index (χ0n) is 13.6. The number of hydrogen-bond donors (Lipinski definition) is 0. The molecule has 1 heteroatoms. The van der Waals surface area contributed by atoms with E-state index in [9.17, 15) is 0 Å². The first-order chi connectivity index (χ1) is 11.2. The van der Waals surface area contributed by atoms with Crippen LogP contribution in [0.3, 0.4) is 0 Å². The lowest BCUT2D eigenvalue weighted by Gasteiger charge is -2.21. The third kappa shape index (κ3) is 2.08. The molecule has 0 spiro atoms. The summed E-state index contributed by atoms with van der Waals surface area (Å²) in [6.45, 7) is 8.46. The minimum Gasteiger partial charge on any atom is -0.456 e. The van der Waals surface area contributed by atoms with Crippen molar-refractivity contribution in [1.29, 1.82) is 0 Å². The van der Waals surface area contributed by atoms with E-state index in [1.54, 1.807) is 0 Å². The summed E-state index contributed by atoms with van der Waals surface area (Å²) in [5, 5.41) is 3.71. The minimum atomic E-state index is 0.485. The smallest absolute Gasteiger partial charge is 0.136 e. The van der Waals surface area contributed by atoms with E-state index in [1.165, 1.54) is 32.9 Å². The van der Waals surface area contributed by atoms with E-state index in [1.807, 2.05) is 6.08 Å². The molecule has 2 aromatic carbocycles. The second kappa shape index (κ2) is 5.27. The van der Waals surface area contributed by atoms with Gasteiger partial charge in [-0.25, -0.2) is 0 Å².